The van der Waals surface area contributed by atoms with Gasteiger partial charge in [0.15, 0.2) is 0 Å². The lowest BCUT2D eigenvalue weighted by Crippen LogP contribution is -2.51. The molecule has 0 radical (unpaired) electrons. The standard InChI is InChI=1S/C42H52F3N7O7S/c1-29(2)33(7-3-4-17-47-37(53)15-12-30-10-13-32(14-11-30)60(45,57)58)41(56)51-22-20-50(21-23-51)19-6-24-59-36-9-5-8-34-35(16-18-48-39(34)36)40(55)49-27-38(54)52-28-42(43,44)25-31(52)26-46/h5,8-11,13-14,16,18,29,31,33H,3-4,6-7,12,15,17,19-25,27-28H2,1-2H3,(H,47,53)(H,49,55). The van der Waals surface area contributed by atoms with Gasteiger partial charge in [-0.3, -0.25) is 29.1 Å². The molecule has 2 atom stereocenters. The Balaban J connectivity index is 0.989. The van der Waals surface area contributed by atoms with Gasteiger partial charge in [0.25, 0.3) is 11.8 Å². The zero-order valence-corrected chi connectivity index (χ0v) is 34.7. The fraction of sp³-hybridized carbons (Fsp3) is 0.524. The molecule has 2 aromatic carbocycles. The maximum Gasteiger partial charge on any atom is 0.332 e. The number of aromatic nitrogens is 1. The molecule has 2 aliphatic heterocycles. The minimum absolute atomic E-state index is 0.122. The van der Waals surface area contributed by atoms with E-state index >= 15 is 0 Å². The number of fused-ring (bicyclic) bond motifs is 1. The molecule has 0 spiro atoms. The van der Waals surface area contributed by atoms with Crippen molar-refractivity contribution in [2.24, 2.45) is 11.8 Å². The maximum absolute atomic E-state index is 13.8. The molecule has 0 saturated carbocycles. The Hall–Kier alpha value is -5.28. The van der Waals surface area contributed by atoms with Crippen LogP contribution in [0.2, 0.25) is 0 Å². The lowest BCUT2D eigenvalue weighted by atomic mass is 9.89. The van der Waals surface area contributed by atoms with Crippen LogP contribution < -0.4 is 15.4 Å². The average molecular weight is 856 g/mol. The SMILES string of the molecule is CC(C)C(CCCCNC(=O)CCc1ccc(S(=O)(=O)F)cc1)C(=O)N1CCN(CCCOc2cccc3c(C(=O)NCC(=O)N4CC(F)(F)CC4C#N)ccnc23)CC1. The maximum atomic E-state index is 13.8. The number of aryl methyl sites for hydroxylation is 1. The zero-order chi connectivity index (χ0) is 43.5. The summed E-state index contributed by atoms with van der Waals surface area (Å²) >= 11 is 0. The third-order valence-electron chi connectivity index (χ3n) is 10.9. The highest BCUT2D eigenvalue weighted by molar-refractivity contribution is 7.86. The smallest absolute Gasteiger partial charge is 0.332 e. The predicted octanol–water partition coefficient (Wildman–Crippen LogP) is 4.49. The van der Waals surface area contributed by atoms with Gasteiger partial charge in [-0.2, -0.15) is 13.7 Å². The van der Waals surface area contributed by atoms with Crippen molar-refractivity contribution in [2.75, 3.05) is 59.0 Å². The fourth-order valence-electron chi connectivity index (χ4n) is 7.53. The number of nitriles is 1. The molecule has 0 bridgehead atoms. The van der Waals surface area contributed by atoms with Crippen molar-refractivity contribution in [3.05, 3.63) is 65.9 Å². The molecule has 3 heterocycles. The number of para-hydroxylation sites is 1. The van der Waals surface area contributed by atoms with Crippen LogP contribution in [0.3, 0.4) is 0 Å². The average Bonchev–Trinajstić information content (AvgIpc) is 3.55. The Morgan fingerprint density at radius 1 is 1.00 bits per heavy atom. The van der Waals surface area contributed by atoms with E-state index in [1.54, 1.807) is 24.3 Å². The van der Waals surface area contributed by atoms with Crippen molar-refractivity contribution in [3.8, 4) is 11.8 Å². The number of carbonyl (C=O) groups excluding carboxylic acids is 4. The lowest BCUT2D eigenvalue weighted by Gasteiger charge is -2.37. The molecule has 1 aromatic heterocycles. The van der Waals surface area contributed by atoms with Gasteiger partial charge in [0.1, 0.15) is 17.3 Å². The number of alkyl halides is 2. The molecule has 2 aliphatic rings. The molecule has 18 heteroatoms. The van der Waals surface area contributed by atoms with E-state index < -0.39 is 58.4 Å². The minimum atomic E-state index is -4.76. The molecular weight excluding hydrogens is 804 g/mol. The molecule has 0 aliphatic carbocycles. The summed E-state index contributed by atoms with van der Waals surface area (Å²) < 4.78 is 68.7. The third kappa shape index (κ3) is 12.6. The minimum Gasteiger partial charge on any atom is -0.491 e. The summed E-state index contributed by atoms with van der Waals surface area (Å²) in [5, 5.41) is 15.1. The Bertz CT molecular complexity index is 2140. The number of carbonyl (C=O) groups is 4. The Labute approximate surface area is 348 Å². The zero-order valence-electron chi connectivity index (χ0n) is 33.9. The topological polar surface area (TPSA) is 182 Å². The van der Waals surface area contributed by atoms with E-state index in [1.807, 2.05) is 4.90 Å². The predicted molar refractivity (Wildman–Crippen MR) is 216 cm³/mol. The van der Waals surface area contributed by atoms with Gasteiger partial charge < -0.3 is 25.2 Å². The van der Waals surface area contributed by atoms with Crippen molar-refractivity contribution in [1.29, 1.82) is 5.26 Å². The normalized spacial score (nSPS) is 17.3. The van der Waals surface area contributed by atoms with E-state index in [1.165, 1.54) is 36.5 Å². The third-order valence-corrected chi connectivity index (χ3v) is 11.7. The molecule has 14 nitrogen and oxygen atoms in total. The number of rotatable bonds is 19. The second kappa shape index (κ2) is 20.8. The fourth-order valence-corrected chi connectivity index (χ4v) is 7.99. The number of piperazine rings is 1. The first kappa shape index (κ1) is 45.8. The second-order valence-electron chi connectivity index (χ2n) is 15.6. The molecule has 2 saturated heterocycles. The van der Waals surface area contributed by atoms with Crippen LogP contribution in [0.1, 0.15) is 68.3 Å². The number of halogens is 3. The van der Waals surface area contributed by atoms with E-state index in [0.717, 1.165) is 49.4 Å². The second-order valence-corrected chi connectivity index (χ2v) is 16.9. The van der Waals surface area contributed by atoms with Crippen molar-refractivity contribution >= 4 is 44.8 Å². The molecule has 3 aromatic rings. The number of likely N-dealkylation sites (tertiary alicyclic amines) is 1. The molecular formula is C42H52F3N7O7S. The first-order chi connectivity index (χ1) is 28.6. The molecule has 2 N–H and O–H groups in total. The number of benzene rings is 2. The highest BCUT2D eigenvalue weighted by atomic mass is 32.3. The van der Waals surface area contributed by atoms with Gasteiger partial charge in [0, 0.05) is 69.6 Å². The number of pyridine rings is 1. The van der Waals surface area contributed by atoms with Crippen LogP contribution in [0.15, 0.2) is 59.6 Å². The molecule has 60 heavy (non-hydrogen) atoms. The summed E-state index contributed by atoms with van der Waals surface area (Å²) in [4.78, 5) is 60.6. The number of unbranched alkanes of at least 4 members (excludes halogenated alkanes) is 1. The van der Waals surface area contributed by atoms with Crippen molar-refractivity contribution in [3.63, 3.8) is 0 Å². The van der Waals surface area contributed by atoms with E-state index in [4.69, 9.17) is 4.74 Å². The molecule has 2 fully saturated rings. The van der Waals surface area contributed by atoms with E-state index in [9.17, 15) is 45.5 Å². The number of nitrogens with one attached hydrogen (secondary N) is 2. The van der Waals surface area contributed by atoms with Crippen LogP contribution in [0.25, 0.3) is 10.9 Å². The summed E-state index contributed by atoms with van der Waals surface area (Å²) in [6.45, 7) is 7.03. The van der Waals surface area contributed by atoms with Crippen LogP contribution in [-0.2, 0) is 31.0 Å². The summed E-state index contributed by atoms with van der Waals surface area (Å²) in [6, 6.07) is 12.5. The van der Waals surface area contributed by atoms with Crippen molar-refractivity contribution < 1.29 is 45.0 Å². The first-order valence-corrected chi connectivity index (χ1v) is 21.6. The van der Waals surface area contributed by atoms with Crippen LogP contribution in [0, 0.1) is 23.2 Å². The highest BCUT2D eigenvalue weighted by Crippen LogP contribution is 2.32. The largest absolute Gasteiger partial charge is 0.491 e. The van der Waals surface area contributed by atoms with E-state index in [2.05, 4.69) is 34.4 Å². The molecule has 5 rings (SSSR count). The van der Waals surface area contributed by atoms with Gasteiger partial charge in [-0.05, 0) is 61.4 Å². The van der Waals surface area contributed by atoms with Gasteiger partial charge in [-0.1, -0.05) is 44.5 Å². The molecule has 4 amide bonds. The van der Waals surface area contributed by atoms with Crippen molar-refractivity contribution in [2.45, 2.75) is 75.7 Å². The number of hydrogen-bond donors (Lipinski definition) is 2. The number of nitrogens with zero attached hydrogens (tertiary/aromatic N) is 5. The van der Waals surface area contributed by atoms with E-state index in [0.29, 0.717) is 55.7 Å². The van der Waals surface area contributed by atoms with Gasteiger partial charge in [-0.25, -0.2) is 8.78 Å². The van der Waals surface area contributed by atoms with Crippen LogP contribution in [0.5, 0.6) is 5.75 Å². The van der Waals surface area contributed by atoms with Crippen molar-refractivity contribution in [1.82, 2.24) is 30.3 Å². The van der Waals surface area contributed by atoms with Crippen LogP contribution in [-0.4, -0.2) is 123 Å². The summed E-state index contributed by atoms with van der Waals surface area (Å²) in [5.74, 6) is -3.98. The number of hydrogen-bond acceptors (Lipinski definition) is 10. The molecule has 324 valence electrons. The monoisotopic (exact) mass is 855 g/mol. The van der Waals surface area contributed by atoms with Crippen LogP contribution >= 0.6 is 0 Å². The summed E-state index contributed by atoms with van der Waals surface area (Å²) in [6.07, 6.45) is 4.26. The van der Waals surface area contributed by atoms with Gasteiger partial charge >= 0.3 is 10.2 Å². The lowest BCUT2D eigenvalue weighted by molar-refractivity contribution is -0.139. The van der Waals surface area contributed by atoms with Crippen LogP contribution in [0.4, 0.5) is 12.7 Å². The summed E-state index contributed by atoms with van der Waals surface area (Å²) in [5.41, 5.74) is 1.42. The quantitative estimate of drug-likeness (QED) is 0.129. The van der Waals surface area contributed by atoms with E-state index in [-0.39, 0.29) is 35.6 Å². The van der Waals surface area contributed by atoms with Gasteiger partial charge in [0.05, 0.1) is 36.2 Å². The Morgan fingerprint density at radius 2 is 1.73 bits per heavy atom. The first-order valence-electron chi connectivity index (χ1n) is 20.2. The summed E-state index contributed by atoms with van der Waals surface area (Å²) in [7, 11) is -4.76. The number of amides is 4. The molecule has 2 unspecified atom stereocenters. The van der Waals surface area contributed by atoms with Gasteiger partial charge in [-0.15, -0.1) is 3.89 Å². The highest BCUT2D eigenvalue weighted by Gasteiger charge is 2.47. The Morgan fingerprint density at radius 3 is 2.42 bits per heavy atom. The Kier molecular flexibility index (Phi) is 15.9. The number of ether oxygens (including phenoxy) is 1. The van der Waals surface area contributed by atoms with Gasteiger partial charge in [0.2, 0.25) is 17.7 Å².